The summed E-state index contributed by atoms with van der Waals surface area (Å²) in [6, 6.07) is 0. The van der Waals surface area contributed by atoms with E-state index in [9.17, 15) is 0 Å². The van der Waals surface area contributed by atoms with Crippen molar-refractivity contribution in [3.8, 4) is 0 Å². The smallest absolute Gasteiger partial charge is 0.0110 e. The Balaban J connectivity index is 3.18. The fraction of sp³-hybridized carbons (Fsp3) is 1.00. The fourth-order valence-corrected chi connectivity index (χ4v) is 4.78. The Morgan fingerprint density at radius 2 is 1.31 bits per heavy atom. The Hall–Kier alpha value is 1.75. The van der Waals surface area contributed by atoms with Crippen LogP contribution in [0.5, 0.6) is 0 Å². The summed E-state index contributed by atoms with van der Waals surface area (Å²) in [4.78, 5) is 0. The van der Waals surface area contributed by atoms with Crippen LogP contribution in [0.4, 0.5) is 0 Å². The van der Waals surface area contributed by atoms with Crippen LogP contribution in [0.3, 0.4) is 0 Å². The van der Waals surface area contributed by atoms with E-state index in [1.807, 2.05) is 23.5 Å². The number of hydrogen-bond donors (Lipinski definition) is 2. The minimum Gasteiger partial charge on any atom is -0.175 e. The number of thioether (sulfide) groups is 3. The summed E-state index contributed by atoms with van der Waals surface area (Å²) >= 11 is 14.9. The summed E-state index contributed by atoms with van der Waals surface area (Å²) in [7, 11) is 0. The Kier molecular flexibility index (Phi) is 13.1. The van der Waals surface area contributed by atoms with E-state index < -0.39 is 0 Å². The quantitative estimate of drug-likeness (QED) is 0.458. The number of hydrogen-bond acceptors (Lipinski definition) is 5. The molecule has 0 saturated heterocycles. The molecular weight excluding hydrogens is 292 g/mol. The molecule has 3 atom stereocenters. The van der Waals surface area contributed by atoms with Crippen molar-refractivity contribution in [2.45, 2.75) is 36.5 Å². The molecule has 0 spiro atoms. The van der Waals surface area contributed by atoms with Gasteiger partial charge in [-0.15, -0.1) is 0 Å². The minimum absolute atomic E-state index is 0.518. The van der Waals surface area contributed by atoms with Gasteiger partial charge in [-0.05, 0) is 0 Å². The van der Waals surface area contributed by atoms with Crippen LogP contribution < -0.4 is 0 Å². The van der Waals surface area contributed by atoms with E-state index in [0.717, 1.165) is 11.0 Å². The molecule has 0 aromatic heterocycles. The molecule has 0 aromatic carbocycles. The highest BCUT2D eigenvalue weighted by Crippen LogP contribution is 2.19. The topological polar surface area (TPSA) is 0 Å². The van der Waals surface area contributed by atoms with Crippen LogP contribution >= 0.6 is 60.5 Å². The van der Waals surface area contributed by atoms with Crippen molar-refractivity contribution in [1.82, 2.24) is 0 Å². The molecule has 3 unspecified atom stereocenters. The monoisotopic (exact) mass is 316 g/mol. The first-order valence-electron chi connectivity index (χ1n) is 5.65. The highest BCUT2D eigenvalue weighted by Gasteiger charge is 2.04. The first-order chi connectivity index (χ1) is 7.52. The van der Waals surface area contributed by atoms with Crippen molar-refractivity contribution < 1.29 is 0 Å². The van der Waals surface area contributed by atoms with Crippen molar-refractivity contribution >= 4 is 60.5 Å². The molecule has 0 aliphatic rings. The van der Waals surface area contributed by atoms with Gasteiger partial charge in [0.05, 0.1) is 0 Å². The number of thiol groups is 2. The third kappa shape index (κ3) is 13.8. The molecular formula is C11H24S5. The molecule has 0 saturated carbocycles. The van der Waals surface area contributed by atoms with Gasteiger partial charge in [-0.1, -0.05) is 20.8 Å². The Morgan fingerprint density at radius 3 is 1.81 bits per heavy atom. The molecule has 0 N–H and O–H groups in total. The lowest BCUT2D eigenvalue weighted by atomic mass is 10.5. The predicted molar refractivity (Wildman–Crippen MR) is 93.5 cm³/mol. The molecule has 0 nitrogen and oxygen atoms in total. The third-order valence-electron chi connectivity index (χ3n) is 1.71. The highest BCUT2D eigenvalue weighted by atomic mass is 32.2. The largest absolute Gasteiger partial charge is 0.175 e. The number of rotatable bonds is 10. The lowest BCUT2D eigenvalue weighted by Crippen LogP contribution is -2.06. The van der Waals surface area contributed by atoms with E-state index in [2.05, 4.69) is 57.8 Å². The van der Waals surface area contributed by atoms with E-state index in [0.29, 0.717) is 10.5 Å². The summed E-state index contributed by atoms with van der Waals surface area (Å²) in [5.41, 5.74) is 0. The van der Waals surface area contributed by atoms with Crippen LogP contribution in [0.25, 0.3) is 0 Å². The van der Waals surface area contributed by atoms with Gasteiger partial charge >= 0.3 is 0 Å². The van der Waals surface area contributed by atoms with Crippen molar-refractivity contribution in [3.05, 3.63) is 0 Å². The van der Waals surface area contributed by atoms with E-state index in [1.54, 1.807) is 0 Å². The zero-order valence-corrected chi connectivity index (χ0v) is 14.6. The van der Waals surface area contributed by atoms with E-state index >= 15 is 0 Å². The molecule has 0 aliphatic carbocycles. The van der Waals surface area contributed by atoms with Crippen LogP contribution in [0.2, 0.25) is 0 Å². The Morgan fingerprint density at radius 1 is 0.812 bits per heavy atom. The normalized spacial score (nSPS) is 17.1. The Bertz CT molecular complexity index is 149. The van der Waals surface area contributed by atoms with Crippen LogP contribution in [0, 0.1) is 0 Å². The Labute approximate surface area is 125 Å². The predicted octanol–water partition coefficient (Wildman–Crippen LogP) is 4.21. The van der Waals surface area contributed by atoms with E-state index in [1.165, 1.54) is 23.0 Å². The molecule has 0 aromatic rings. The third-order valence-corrected chi connectivity index (χ3v) is 6.92. The lowest BCUT2D eigenvalue weighted by molar-refractivity contribution is 1.09. The average Bonchev–Trinajstić information content (AvgIpc) is 2.19. The molecule has 0 bridgehead atoms. The van der Waals surface area contributed by atoms with Gasteiger partial charge < -0.3 is 0 Å². The van der Waals surface area contributed by atoms with Gasteiger partial charge in [-0.3, -0.25) is 0 Å². The maximum atomic E-state index is 4.39. The molecule has 5 heteroatoms. The maximum absolute atomic E-state index is 4.39. The maximum Gasteiger partial charge on any atom is 0.0110 e. The molecule has 0 rings (SSSR count). The SMILES string of the molecule is CC(S)CSCCSCC(C)SCC(C)S. The van der Waals surface area contributed by atoms with Gasteiger partial charge in [0, 0.05) is 44.5 Å². The second-order valence-corrected chi connectivity index (χ2v) is 9.53. The van der Waals surface area contributed by atoms with Gasteiger partial charge in [-0.2, -0.15) is 60.5 Å². The minimum atomic E-state index is 0.518. The summed E-state index contributed by atoms with van der Waals surface area (Å²) in [6.07, 6.45) is 0. The zero-order valence-electron chi connectivity index (χ0n) is 10.4. The van der Waals surface area contributed by atoms with Crippen molar-refractivity contribution in [1.29, 1.82) is 0 Å². The van der Waals surface area contributed by atoms with Gasteiger partial charge in [0.2, 0.25) is 0 Å². The van der Waals surface area contributed by atoms with E-state index in [-0.39, 0.29) is 0 Å². The fourth-order valence-electron chi connectivity index (χ4n) is 0.973. The molecule has 98 valence electrons. The van der Waals surface area contributed by atoms with Crippen LogP contribution in [-0.4, -0.2) is 44.5 Å². The first-order valence-corrected chi connectivity index (χ1v) is 10.0. The van der Waals surface area contributed by atoms with Crippen LogP contribution in [0.15, 0.2) is 0 Å². The van der Waals surface area contributed by atoms with Gasteiger partial charge in [0.15, 0.2) is 0 Å². The first kappa shape index (κ1) is 17.8. The highest BCUT2D eigenvalue weighted by molar-refractivity contribution is 8.05. The second-order valence-electron chi connectivity index (χ2n) is 3.99. The van der Waals surface area contributed by atoms with Gasteiger partial charge in [0.1, 0.15) is 0 Å². The zero-order chi connectivity index (χ0) is 12.4. The standard InChI is InChI=1S/C11H24S5/c1-9(12)6-14-4-5-15-8-11(3)16-7-10(2)13/h9-13H,4-8H2,1-3H3. The van der Waals surface area contributed by atoms with Crippen LogP contribution in [-0.2, 0) is 0 Å². The second kappa shape index (κ2) is 11.8. The van der Waals surface area contributed by atoms with Crippen molar-refractivity contribution in [2.24, 2.45) is 0 Å². The lowest BCUT2D eigenvalue weighted by Gasteiger charge is -2.12. The molecule has 16 heavy (non-hydrogen) atoms. The summed E-state index contributed by atoms with van der Waals surface area (Å²) in [6.45, 7) is 6.63. The molecule has 0 aliphatic heterocycles. The molecule has 0 amide bonds. The van der Waals surface area contributed by atoms with E-state index in [4.69, 9.17) is 0 Å². The van der Waals surface area contributed by atoms with Crippen molar-refractivity contribution in [2.75, 3.05) is 28.8 Å². The van der Waals surface area contributed by atoms with Gasteiger partial charge in [-0.25, -0.2) is 0 Å². The van der Waals surface area contributed by atoms with Gasteiger partial charge in [0.25, 0.3) is 0 Å². The molecule has 0 radical (unpaired) electrons. The molecule has 0 fully saturated rings. The summed E-state index contributed by atoms with van der Waals surface area (Å²) < 4.78 is 0. The summed E-state index contributed by atoms with van der Waals surface area (Å²) in [5, 5.41) is 1.81. The summed E-state index contributed by atoms with van der Waals surface area (Å²) in [5.74, 6) is 6.13. The van der Waals surface area contributed by atoms with Crippen molar-refractivity contribution in [3.63, 3.8) is 0 Å². The average molecular weight is 317 g/mol. The van der Waals surface area contributed by atoms with Crippen LogP contribution in [0.1, 0.15) is 20.8 Å². The molecule has 0 heterocycles.